The molecule has 1 fully saturated rings. The van der Waals surface area contributed by atoms with Crippen molar-refractivity contribution >= 4 is 34.2 Å². The van der Waals surface area contributed by atoms with Crippen LogP contribution in [0.4, 0.5) is 0 Å². The van der Waals surface area contributed by atoms with Crippen molar-refractivity contribution in [3.8, 4) is 17.2 Å². The van der Waals surface area contributed by atoms with Gasteiger partial charge in [-0.3, -0.25) is 4.79 Å². The lowest BCUT2D eigenvalue weighted by atomic mass is 9.55. The van der Waals surface area contributed by atoms with Crippen molar-refractivity contribution in [3.05, 3.63) is 120 Å². The fraction of sp³-hybridized carbons (Fsp3) is 0.440. The Morgan fingerprint density at radius 1 is 0.950 bits per heavy atom. The summed E-state index contributed by atoms with van der Waals surface area (Å²) in [5, 5.41) is 26.8. The second-order valence-corrected chi connectivity index (χ2v) is 16.9. The first-order valence-electron chi connectivity index (χ1n) is 21.7. The Bertz CT molecular complexity index is 2150. The number of oxime groups is 1. The molecular weight excluding hydrogens is 773 g/mol. The Kier molecular flexibility index (Phi) is 14.7. The van der Waals surface area contributed by atoms with Gasteiger partial charge in [-0.1, -0.05) is 67.4 Å². The molecule has 1 saturated carbocycles. The molecule has 7 rings (SSSR count). The smallest absolute Gasteiger partial charge is 0.254 e. The van der Waals surface area contributed by atoms with Crippen LogP contribution < -0.4 is 9.47 Å². The van der Waals surface area contributed by atoms with E-state index in [-0.39, 0.29) is 43.5 Å². The molecule has 60 heavy (non-hydrogen) atoms. The minimum Gasteiger partial charge on any atom is -0.459 e. The second kappa shape index (κ2) is 20.3. The van der Waals surface area contributed by atoms with Gasteiger partial charge >= 0.3 is 0 Å². The number of hydrogen-bond acceptors (Lipinski definition) is 9. The van der Waals surface area contributed by atoms with E-state index in [1.54, 1.807) is 17.8 Å². The van der Waals surface area contributed by atoms with Crippen LogP contribution in [0.3, 0.4) is 0 Å². The van der Waals surface area contributed by atoms with Crippen LogP contribution in [0.2, 0.25) is 0 Å². The third-order valence-electron chi connectivity index (χ3n) is 12.3. The summed E-state index contributed by atoms with van der Waals surface area (Å²) in [6.07, 6.45) is 12.1. The van der Waals surface area contributed by atoms with Crippen LogP contribution in [0.1, 0.15) is 87.1 Å². The molecular formula is C50H60N2O7S. The van der Waals surface area contributed by atoms with Crippen LogP contribution in [0.15, 0.2) is 119 Å². The number of aliphatic hydroxyl groups is 2. The minimum absolute atomic E-state index is 0.100. The molecule has 1 heterocycles. The largest absolute Gasteiger partial charge is 0.459 e. The van der Waals surface area contributed by atoms with Crippen molar-refractivity contribution in [1.82, 2.24) is 4.90 Å². The van der Waals surface area contributed by atoms with Gasteiger partial charge in [0.2, 0.25) is 5.79 Å². The molecule has 10 heteroatoms. The lowest BCUT2D eigenvalue weighted by molar-refractivity contribution is -0.254. The molecule has 4 aromatic rings. The Hall–Kier alpha value is -4.61. The van der Waals surface area contributed by atoms with E-state index in [2.05, 4.69) is 50.1 Å². The van der Waals surface area contributed by atoms with Gasteiger partial charge in [-0.05, 0) is 128 Å². The average molecular weight is 833 g/mol. The standard InChI is InChI=1S/C50H60N2O7S/c1-5-26-52(49(55)37-19-18-34-14-8-9-15-35(34)30-37)46-33-44(51-57-7-3)42-31-36(16-10-12-27-53)41(17-11-13-28-54)47-43-32-39(58-38-20-23-40(60-4)24-21-38)22-25-45(43)59-50(46,48(42)47)56-29-6-2/h6,8-9,14-15,18-25,30-32,36,41,46-48,53-54H,2,5,7,10-13,16-17,26-29,33H2,1,3-4H3/t36-,41+,46-,47+,48+,50+/m0/s1. The summed E-state index contributed by atoms with van der Waals surface area (Å²) in [7, 11) is 0. The van der Waals surface area contributed by atoms with Crippen molar-refractivity contribution < 1.29 is 34.1 Å². The lowest BCUT2D eigenvalue weighted by Gasteiger charge is -2.60. The van der Waals surface area contributed by atoms with Gasteiger partial charge in [-0.2, -0.15) is 0 Å². The highest BCUT2D eigenvalue weighted by molar-refractivity contribution is 7.98. The van der Waals surface area contributed by atoms with Crippen LogP contribution >= 0.6 is 11.8 Å². The van der Waals surface area contributed by atoms with E-state index < -0.39 is 17.7 Å². The maximum atomic E-state index is 15.1. The molecule has 6 atom stereocenters. The number of carbonyl (C=O) groups excluding carboxylic acids is 1. The first-order chi connectivity index (χ1) is 29.4. The molecule has 4 aromatic carbocycles. The van der Waals surface area contributed by atoms with Gasteiger partial charge in [-0.15, -0.1) is 18.3 Å². The number of rotatable bonds is 20. The number of carbonyl (C=O) groups is 1. The molecule has 0 spiro atoms. The summed E-state index contributed by atoms with van der Waals surface area (Å²) >= 11 is 1.69. The van der Waals surface area contributed by atoms with Crippen molar-refractivity contribution in [3.63, 3.8) is 0 Å². The number of ether oxygens (including phenoxy) is 3. The molecule has 0 radical (unpaired) electrons. The van der Waals surface area contributed by atoms with Crippen LogP contribution in [0, 0.1) is 17.8 Å². The number of nitrogens with zero attached hydrogens (tertiary/aromatic N) is 2. The highest BCUT2D eigenvalue weighted by Crippen LogP contribution is 2.62. The number of hydrogen-bond donors (Lipinski definition) is 2. The van der Waals surface area contributed by atoms with E-state index in [1.807, 2.05) is 72.5 Å². The van der Waals surface area contributed by atoms with Crippen molar-refractivity contribution in [2.75, 3.05) is 39.2 Å². The predicted molar refractivity (Wildman–Crippen MR) is 240 cm³/mol. The zero-order chi connectivity index (χ0) is 42.1. The molecule has 9 nitrogen and oxygen atoms in total. The number of benzene rings is 4. The van der Waals surface area contributed by atoms with Crippen molar-refractivity contribution in [2.45, 2.75) is 87.9 Å². The fourth-order valence-corrected chi connectivity index (χ4v) is 10.2. The van der Waals surface area contributed by atoms with Gasteiger partial charge in [0, 0.05) is 48.1 Å². The summed E-state index contributed by atoms with van der Waals surface area (Å²) in [4.78, 5) is 24.2. The summed E-state index contributed by atoms with van der Waals surface area (Å²) in [6, 6.07) is 27.6. The second-order valence-electron chi connectivity index (χ2n) is 16.0. The topological polar surface area (TPSA) is 110 Å². The summed E-state index contributed by atoms with van der Waals surface area (Å²) in [5.41, 5.74) is 3.42. The Morgan fingerprint density at radius 3 is 2.42 bits per heavy atom. The monoisotopic (exact) mass is 832 g/mol. The highest BCUT2D eigenvalue weighted by Gasteiger charge is 2.65. The first-order valence-corrected chi connectivity index (χ1v) is 22.9. The summed E-state index contributed by atoms with van der Waals surface area (Å²) in [5.74, 6) is 0.407. The zero-order valence-electron chi connectivity index (χ0n) is 35.3. The molecule has 1 aliphatic heterocycles. The normalized spacial score (nSPS) is 23.6. The van der Waals surface area contributed by atoms with E-state index in [9.17, 15) is 10.2 Å². The van der Waals surface area contributed by atoms with Gasteiger partial charge < -0.3 is 34.2 Å². The highest BCUT2D eigenvalue weighted by atomic mass is 32.2. The Morgan fingerprint density at radius 2 is 1.70 bits per heavy atom. The predicted octanol–water partition coefficient (Wildman–Crippen LogP) is 10.6. The number of allylic oxidation sites excluding steroid dienone is 1. The van der Waals surface area contributed by atoms with Crippen LogP contribution in [0.25, 0.3) is 10.8 Å². The number of amides is 1. The van der Waals surface area contributed by atoms with Gasteiger partial charge in [0.25, 0.3) is 5.91 Å². The SMILES string of the molecule is C=CCO[C@@]12Oc3ccc(Oc4ccc(SC)cc4)cc3[C@H]3[C@H](CCCCO)[C@@H](CCCCO)C=C(C(=NOCC)C[C@@H]1N(CCC)C(=O)c1ccc4ccccc4c1)[C@H]32. The number of unbranched alkanes of at least 4 members (excludes halogenated alkanes) is 2. The van der Waals surface area contributed by atoms with E-state index in [0.717, 1.165) is 63.9 Å². The lowest BCUT2D eigenvalue weighted by Crippen LogP contribution is -2.70. The molecule has 0 saturated heterocycles. The van der Waals surface area contributed by atoms with E-state index >= 15 is 4.79 Å². The Labute approximate surface area is 359 Å². The van der Waals surface area contributed by atoms with Gasteiger partial charge in [0.1, 0.15) is 29.9 Å². The molecule has 0 aromatic heterocycles. The number of thioether (sulfide) groups is 1. The maximum absolute atomic E-state index is 15.1. The van der Waals surface area contributed by atoms with Crippen LogP contribution in [-0.4, -0.2) is 77.8 Å². The van der Waals surface area contributed by atoms with Crippen molar-refractivity contribution in [2.24, 2.45) is 22.9 Å². The van der Waals surface area contributed by atoms with Gasteiger partial charge in [0.15, 0.2) is 0 Å². The number of aliphatic hydroxyl groups excluding tert-OH is 2. The first kappa shape index (κ1) is 43.5. The number of fused-ring (bicyclic) bond motifs is 3. The average Bonchev–Trinajstić information content (AvgIpc) is 3.28. The van der Waals surface area contributed by atoms with E-state index in [4.69, 9.17) is 24.2 Å². The van der Waals surface area contributed by atoms with Crippen LogP contribution in [-0.2, 0) is 9.57 Å². The Balaban J connectivity index is 1.43. The van der Waals surface area contributed by atoms with Gasteiger partial charge in [0.05, 0.1) is 18.2 Å². The molecule has 0 unspecified atom stereocenters. The minimum atomic E-state index is -1.33. The van der Waals surface area contributed by atoms with E-state index in [0.29, 0.717) is 55.9 Å². The molecule has 1 amide bonds. The summed E-state index contributed by atoms with van der Waals surface area (Å²) < 4.78 is 21.1. The fourth-order valence-electron chi connectivity index (χ4n) is 9.76. The van der Waals surface area contributed by atoms with Crippen LogP contribution in [0.5, 0.6) is 17.2 Å². The van der Waals surface area contributed by atoms with Gasteiger partial charge in [-0.25, -0.2) is 0 Å². The van der Waals surface area contributed by atoms with E-state index in [1.165, 1.54) is 0 Å². The molecule has 0 bridgehead atoms. The summed E-state index contributed by atoms with van der Waals surface area (Å²) in [6.45, 7) is 9.40. The third kappa shape index (κ3) is 9.03. The quantitative estimate of drug-likeness (QED) is 0.0392. The molecule has 2 N–H and O–H groups in total. The molecule has 3 aliphatic rings. The molecule has 2 aliphatic carbocycles. The molecule has 318 valence electrons. The maximum Gasteiger partial charge on any atom is 0.254 e. The zero-order valence-corrected chi connectivity index (χ0v) is 36.1. The van der Waals surface area contributed by atoms with Crippen molar-refractivity contribution in [1.29, 1.82) is 0 Å². The third-order valence-corrected chi connectivity index (χ3v) is 13.1.